The third kappa shape index (κ3) is 6.77. The standard InChI is InChI=1S/C30H40FN7O3/c1-20(38-19-26(34-35-38)22-14-24(40-5)16-32-15-22)25-11-12-27(33-28(25)31)36-13-7-10-23(18-36)37(17-21-8-6-9-21)29(39)41-30(2,3)4/h11-12,14-16,19-21,23H,6-10,13,17-18H2,1-5H3/t20?,23-/m1/s1. The Bertz CT molecular complexity index is 1350. The fourth-order valence-electron chi connectivity index (χ4n) is 5.40. The lowest BCUT2D eigenvalue weighted by atomic mass is 9.84. The highest BCUT2D eigenvalue weighted by molar-refractivity contribution is 5.69. The van der Waals surface area contributed by atoms with Gasteiger partial charge in [-0.25, -0.2) is 14.5 Å². The van der Waals surface area contributed by atoms with Gasteiger partial charge < -0.3 is 19.3 Å². The average Bonchev–Trinajstić information content (AvgIpc) is 3.42. The molecule has 1 saturated carbocycles. The summed E-state index contributed by atoms with van der Waals surface area (Å²) in [7, 11) is 1.58. The number of piperidine rings is 1. The third-order valence-electron chi connectivity index (χ3n) is 7.93. The Morgan fingerprint density at radius 3 is 2.68 bits per heavy atom. The van der Waals surface area contributed by atoms with Gasteiger partial charge in [0.25, 0.3) is 0 Å². The van der Waals surface area contributed by atoms with E-state index >= 15 is 4.39 Å². The zero-order valence-electron chi connectivity index (χ0n) is 24.6. The first-order valence-corrected chi connectivity index (χ1v) is 14.4. The third-order valence-corrected chi connectivity index (χ3v) is 7.93. The minimum atomic E-state index is -0.559. The van der Waals surface area contributed by atoms with E-state index in [0.29, 0.717) is 41.8 Å². The molecule has 0 spiro atoms. The Kier molecular flexibility index (Phi) is 8.42. The lowest BCUT2D eigenvalue weighted by Crippen LogP contribution is -2.53. The van der Waals surface area contributed by atoms with Gasteiger partial charge in [0.15, 0.2) is 0 Å². The van der Waals surface area contributed by atoms with Crippen molar-refractivity contribution < 1.29 is 18.7 Å². The number of ether oxygens (including phenoxy) is 2. The minimum absolute atomic E-state index is 0.0117. The molecule has 0 bridgehead atoms. The number of hydrogen-bond donors (Lipinski definition) is 0. The fraction of sp³-hybridized carbons (Fsp3) is 0.567. The van der Waals surface area contributed by atoms with E-state index in [2.05, 4.69) is 25.2 Å². The predicted octanol–water partition coefficient (Wildman–Crippen LogP) is 5.50. The Balaban J connectivity index is 1.30. The van der Waals surface area contributed by atoms with Crippen LogP contribution in [0.25, 0.3) is 11.3 Å². The van der Waals surface area contributed by atoms with Crippen LogP contribution in [-0.4, -0.2) is 74.3 Å². The van der Waals surface area contributed by atoms with E-state index in [1.54, 1.807) is 36.4 Å². The quantitative estimate of drug-likeness (QED) is 0.330. The van der Waals surface area contributed by atoms with E-state index in [-0.39, 0.29) is 12.1 Å². The van der Waals surface area contributed by atoms with Crippen LogP contribution in [0.2, 0.25) is 0 Å². The normalized spacial score (nSPS) is 18.5. The summed E-state index contributed by atoms with van der Waals surface area (Å²) in [6, 6.07) is 5.01. The summed E-state index contributed by atoms with van der Waals surface area (Å²) >= 11 is 0. The summed E-state index contributed by atoms with van der Waals surface area (Å²) in [6.45, 7) is 9.59. The van der Waals surface area contributed by atoms with E-state index in [4.69, 9.17) is 9.47 Å². The van der Waals surface area contributed by atoms with Crippen LogP contribution in [-0.2, 0) is 4.74 Å². The molecule has 1 aliphatic carbocycles. The Labute approximate surface area is 240 Å². The van der Waals surface area contributed by atoms with Crippen molar-refractivity contribution in [3.8, 4) is 17.0 Å². The van der Waals surface area contributed by atoms with Gasteiger partial charge in [-0.1, -0.05) is 11.6 Å². The molecule has 5 rings (SSSR count). The van der Waals surface area contributed by atoms with E-state index in [1.807, 2.05) is 44.7 Å². The van der Waals surface area contributed by atoms with Gasteiger partial charge in [0.1, 0.15) is 22.9 Å². The number of nitrogens with zero attached hydrogens (tertiary/aromatic N) is 7. The van der Waals surface area contributed by atoms with Gasteiger partial charge >= 0.3 is 6.09 Å². The first-order chi connectivity index (χ1) is 19.6. The van der Waals surface area contributed by atoms with Crippen LogP contribution in [0.15, 0.2) is 36.8 Å². The SMILES string of the molecule is COc1cncc(-c2cn(C(C)c3ccc(N4CCC[C@@H](N(CC5CCC5)C(=O)OC(C)(C)C)C4)nc3F)nn2)c1. The second-order valence-corrected chi connectivity index (χ2v) is 12.1. The highest BCUT2D eigenvalue weighted by atomic mass is 19.1. The molecule has 220 valence electrons. The number of methoxy groups -OCH3 is 1. The first kappa shape index (κ1) is 28.8. The molecular weight excluding hydrogens is 525 g/mol. The number of halogens is 1. The predicted molar refractivity (Wildman–Crippen MR) is 153 cm³/mol. The molecule has 2 aliphatic rings. The van der Waals surface area contributed by atoms with Crippen LogP contribution in [0.4, 0.5) is 15.0 Å². The highest BCUT2D eigenvalue weighted by Crippen LogP contribution is 2.31. The van der Waals surface area contributed by atoms with Gasteiger partial charge in [-0.15, -0.1) is 5.10 Å². The van der Waals surface area contributed by atoms with Crippen molar-refractivity contribution in [1.82, 2.24) is 29.9 Å². The molecule has 1 saturated heterocycles. The average molecular weight is 566 g/mol. The highest BCUT2D eigenvalue weighted by Gasteiger charge is 2.35. The van der Waals surface area contributed by atoms with E-state index < -0.39 is 17.6 Å². The van der Waals surface area contributed by atoms with Crippen LogP contribution in [0, 0.1) is 11.9 Å². The van der Waals surface area contributed by atoms with Gasteiger partial charge in [-0.2, -0.15) is 4.39 Å². The van der Waals surface area contributed by atoms with E-state index in [9.17, 15) is 4.79 Å². The minimum Gasteiger partial charge on any atom is -0.495 e. The molecule has 2 fully saturated rings. The molecule has 0 N–H and O–H groups in total. The number of carbonyl (C=O) groups is 1. The molecule has 3 aromatic rings. The molecule has 1 unspecified atom stereocenters. The van der Waals surface area contributed by atoms with Crippen LogP contribution >= 0.6 is 0 Å². The number of pyridine rings is 2. The smallest absolute Gasteiger partial charge is 0.410 e. The summed E-state index contributed by atoms with van der Waals surface area (Å²) in [4.78, 5) is 25.7. The number of anilines is 1. The largest absolute Gasteiger partial charge is 0.495 e. The van der Waals surface area contributed by atoms with Crippen molar-refractivity contribution in [3.63, 3.8) is 0 Å². The summed E-state index contributed by atoms with van der Waals surface area (Å²) in [6.07, 6.45) is 10.1. The van der Waals surface area contributed by atoms with Crippen molar-refractivity contribution in [2.24, 2.45) is 5.92 Å². The van der Waals surface area contributed by atoms with Crippen LogP contribution in [0.1, 0.15) is 71.4 Å². The molecular formula is C30H40FN7O3. The molecule has 11 heteroatoms. The van der Waals surface area contributed by atoms with Crippen LogP contribution in [0.3, 0.4) is 0 Å². The molecule has 2 atom stereocenters. The Morgan fingerprint density at radius 2 is 2.00 bits per heavy atom. The number of rotatable bonds is 8. The second kappa shape index (κ2) is 12.0. The van der Waals surface area contributed by atoms with Crippen LogP contribution in [0.5, 0.6) is 5.75 Å². The van der Waals surface area contributed by atoms with Gasteiger partial charge in [0.2, 0.25) is 5.95 Å². The fourth-order valence-corrected chi connectivity index (χ4v) is 5.40. The molecule has 41 heavy (non-hydrogen) atoms. The Morgan fingerprint density at radius 1 is 1.20 bits per heavy atom. The first-order valence-electron chi connectivity index (χ1n) is 14.4. The van der Waals surface area contributed by atoms with Crippen LogP contribution < -0.4 is 9.64 Å². The molecule has 1 aliphatic heterocycles. The zero-order valence-corrected chi connectivity index (χ0v) is 24.6. The number of amides is 1. The lowest BCUT2D eigenvalue weighted by Gasteiger charge is -2.42. The van der Waals surface area contributed by atoms with E-state index in [0.717, 1.165) is 37.8 Å². The lowest BCUT2D eigenvalue weighted by molar-refractivity contribution is 0.00733. The zero-order chi connectivity index (χ0) is 29.1. The molecule has 4 heterocycles. The van der Waals surface area contributed by atoms with Crippen molar-refractivity contribution in [2.75, 3.05) is 31.6 Å². The second-order valence-electron chi connectivity index (χ2n) is 12.1. The van der Waals surface area contributed by atoms with Gasteiger partial charge in [-0.05, 0) is 77.5 Å². The summed E-state index contributed by atoms with van der Waals surface area (Å²) in [5, 5.41) is 8.47. The monoisotopic (exact) mass is 565 g/mol. The maximum Gasteiger partial charge on any atom is 0.410 e. The van der Waals surface area contributed by atoms with Crippen molar-refractivity contribution in [1.29, 1.82) is 0 Å². The van der Waals surface area contributed by atoms with Crippen molar-refractivity contribution in [2.45, 2.75) is 77.5 Å². The maximum atomic E-state index is 15.5. The summed E-state index contributed by atoms with van der Waals surface area (Å²) < 4.78 is 28.1. The van der Waals surface area contributed by atoms with E-state index in [1.165, 1.54) is 6.42 Å². The Hall–Kier alpha value is -3.76. The number of carbonyl (C=O) groups excluding carboxylic acids is 1. The molecule has 10 nitrogen and oxygen atoms in total. The maximum absolute atomic E-state index is 15.5. The van der Waals surface area contributed by atoms with Gasteiger partial charge in [0.05, 0.1) is 31.6 Å². The number of aromatic nitrogens is 5. The van der Waals surface area contributed by atoms with Gasteiger partial charge in [-0.3, -0.25) is 4.98 Å². The van der Waals surface area contributed by atoms with Gasteiger partial charge in [0, 0.05) is 37.0 Å². The van der Waals surface area contributed by atoms with Crippen molar-refractivity contribution in [3.05, 3.63) is 48.3 Å². The van der Waals surface area contributed by atoms with Crippen molar-refractivity contribution >= 4 is 11.9 Å². The topological polar surface area (TPSA) is 98.5 Å². The molecule has 0 aromatic carbocycles. The number of hydrogen-bond acceptors (Lipinski definition) is 8. The summed E-state index contributed by atoms with van der Waals surface area (Å²) in [5.74, 6) is 1.16. The molecule has 0 radical (unpaired) electrons. The molecule has 1 amide bonds. The molecule has 3 aromatic heterocycles. The summed E-state index contributed by atoms with van der Waals surface area (Å²) in [5.41, 5.74) is 1.23.